The fourth-order valence-corrected chi connectivity index (χ4v) is 4.61. The fraction of sp³-hybridized carbons (Fsp3) is 0.412. The highest BCUT2D eigenvalue weighted by Crippen LogP contribution is 2.26. The molecular weight excluding hydrogens is 408 g/mol. The standard InChI is InChI=1S/C17H20N2O9S/c20-14(21)8-7-12(16(23)24)18-15(22)10-3-5-11(6-4-10)29(27,28)19-9-1-2-13(19)17(25)26/h3-6,12-13H,1-2,7-9H2,(H,18,22)(H,20,21)(H,23,24)(H,25,26). The quantitative estimate of drug-likeness (QED) is 0.420. The first kappa shape index (κ1) is 22.3. The molecule has 0 aromatic heterocycles. The highest BCUT2D eigenvalue weighted by molar-refractivity contribution is 7.89. The van der Waals surface area contributed by atoms with Gasteiger partial charge in [-0.3, -0.25) is 14.4 Å². The van der Waals surface area contributed by atoms with Crippen LogP contribution in [0.4, 0.5) is 0 Å². The van der Waals surface area contributed by atoms with E-state index in [4.69, 9.17) is 10.2 Å². The Hall–Kier alpha value is -2.99. The lowest BCUT2D eigenvalue weighted by molar-refractivity contribution is -0.141. The van der Waals surface area contributed by atoms with Gasteiger partial charge in [-0.25, -0.2) is 13.2 Å². The Bertz CT molecular complexity index is 911. The van der Waals surface area contributed by atoms with Gasteiger partial charge in [-0.15, -0.1) is 0 Å². The van der Waals surface area contributed by atoms with E-state index < -0.39 is 52.3 Å². The smallest absolute Gasteiger partial charge is 0.326 e. The zero-order chi connectivity index (χ0) is 21.8. The molecule has 0 radical (unpaired) electrons. The summed E-state index contributed by atoms with van der Waals surface area (Å²) in [5.74, 6) is -4.64. The van der Waals surface area contributed by atoms with E-state index in [2.05, 4.69) is 5.32 Å². The number of amides is 1. The van der Waals surface area contributed by atoms with Gasteiger partial charge in [0.15, 0.2) is 0 Å². The molecule has 12 heteroatoms. The number of carbonyl (C=O) groups excluding carboxylic acids is 1. The third-order valence-corrected chi connectivity index (χ3v) is 6.38. The molecule has 0 spiro atoms. The first-order chi connectivity index (χ1) is 13.5. The number of nitrogens with zero attached hydrogens (tertiary/aromatic N) is 1. The minimum Gasteiger partial charge on any atom is -0.481 e. The number of carboxylic acid groups (broad SMARTS) is 3. The van der Waals surface area contributed by atoms with Crippen LogP contribution in [0.2, 0.25) is 0 Å². The second kappa shape index (κ2) is 9.01. The van der Waals surface area contributed by atoms with Crippen LogP contribution < -0.4 is 5.32 Å². The van der Waals surface area contributed by atoms with Crippen molar-refractivity contribution >= 4 is 33.8 Å². The van der Waals surface area contributed by atoms with E-state index in [0.29, 0.717) is 6.42 Å². The summed E-state index contributed by atoms with van der Waals surface area (Å²) in [5, 5.41) is 29.1. The van der Waals surface area contributed by atoms with Gasteiger partial charge in [0.1, 0.15) is 12.1 Å². The number of hydrogen-bond acceptors (Lipinski definition) is 6. The molecule has 1 aromatic carbocycles. The second-order valence-electron chi connectivity index (χ2n) is 6.43. The maximum absolute atomic E-state index is 12.7. The van der Waals surface area contributed by atoms with Gasteiger partial charge in [-0.1, -0.05) is 0 Å². The van der Waals surface area contributed by atoms with Crippen molar-refractivity contribution in [2.45, 2.75) is 42.7 Å². The van der Waals surface area contributed by atoms with Gasteiger partial charge in [-0.05, 0) is 43.5 Å². The highest BCUT2D eigenvalue weighted by atomic mass is 32.2. The molecule has 1 aliphatic heterocycles. The summed E-state index contributed by atoms with van der Waals surface area (Å²) in [6.45, 7) is 0.0748. The zero-order valence-corrected chi connectivity index (χ0v) is 16.0. The molecule has 1 amide bonds. The van der Waals surface area contributed by atoms with E-state index in [1.165, 1.54) is 12.1 Å². The molecule has 1 saturated heterocycles. The van der Waals surface area contributed by atoms with E-state index in [9.17, 15) is 32.7 Å². The molecule has 11 nitrogen and oxygen atoms in total. The molecule has 1 heterocycles. The molecule has 2 unspecified atom stereocenters. The summed E-state index contributed by atoms with van der Waals surface area (Å²) in [5.41, 5.74) is -0.0262. The van der Waals surface area contributed by atoms with Crippen molar-refractivity contribution in [3.63, 3.8) is 0 Å². The molecule has 158 valence electrons. The van der Waals surface area contributed by atoms with Gasteiger partial charge in [0.05, 0.1) is 4.90 Å². The molecule has 2 rings (SSSR count). The first-order valence-corrected chi connectivity index (χ1v) is 10.1. The van der Waals surface area contributed by atoms with Crippen LogP contribution in [0, 0.1) is 0 Å². The van der Waals surface area contributed by atoms with Crippen molar-refractivity contribution < 1.29 is 42.9 Å². The summed E-state index contributed by atoms with van der Waals surface area (Å²) in [6.07, 6.45) is -0.130. The first-order valence-electron chi connectivity index (χ1n) is 8.64. The molecule has 0 bridgehead atoms. The van der Waals surface area contributed by atoms with Crippen LogP contribution in [0.5, 0.6) is 0 Å². The number of carboxylic acids is 3. The second-order valence-corrected chi connectivity index (χ2v) is 8.32. The Morgan fingerprint density at radius 1 is 1.10 bits per heavy atom. The fourth-order valence-electron chi connectivity index (χ4n) is 2.96. The minimum atomic E-state index is -4.07. The third-order valence-electron chi connectivity index (χ3n) is 4.46. The Balaban J connectivity index is 2.14. The minimum absolute atomic E-state index is 0.0262. The van der Waals surface area contributed by atoms with Gasteiger partial charge >= 0.3 is 17.9 Å². The molecule has 0 saturated carbocycles. The molecule has 1 fully saturated rings. The lowest BCUT2D eigenvalue weighted by Crippen LogP contribution is -2.41. The Morgan fingerprint density at radius 2 is 1.72 bits per heavy atom. The summed E-state index contributed by atoms with van der Waals surface area (Å²) < 4.78 is 26.3. The molecule has 1 aliphatic rings. The van der Waals surface area contributed by atoms with Crippen molar-refractivity contribution in [2.24, 2.45) is 0 Å². The Labute approximate surface area is 166 Å². The van der Waals surface area contributed by atoms with Gasteiger partial charge < -0.3 is 20.6 Å². The maximum atomic E-state index is 12.7. The zero-order valence-electron chi connectivity index (χ0n) is 15.1. The van der Waals surface area contributed by atoms with Crippen LogP contribution in [-0.4, -0.2) is 70.5 Å². The van der Waals surface area contributed by atoms with Crippen molar-refractivity contribution in [1.82, 2.24) is 9.62 Å². The van der Waals surface area contributed by atoms with Gasteiger partial charge in [-0.2, -0.15) is 4.31 Å². The number of aliphatic carboxylic acids is 3. The van der Waals surface area contributed by atoms with Gasteiger partial charge in [0, 0.05) is 18.5 Å². The van der Waals surface area contributed by atoms with Crippen LogP contribution >= 0.6 is 0 Å². The average Bonchev–Trinajstić information content (AvgIpc) is 3.15. The lowest BCUT2D eigenvalue weighted by Gasteiger charge is -2.21. The number of benzene rings is 1. The highest BCUT2D eigenvalue weighted by Gasteiger charge is 2.39. The Kier molecular flexibility index (Phi) is 6.93. The number of rotatable bonds is 9. The summed E-state index contributed by atoms with van der Waals surface area (Å²) in [4.78, 5) is 45.0. The van der Waals surface area contributed by atoms with E-state index in [1.54, 1.807) is 0 Å². The van der Waals surface area contributed by atoms with Crippen LogP contribution in [0.3, 0.4) is 0 Å². The molecule has 0 aliphatic carbocycles. The lowest BCUT2D eigenvalue weighted by atomic mass is 10.1. The van der Waals surface area contributed by atoms with Crippen LogP contribution in [0.25, 0.3) is 0 Å². The number of sulfonamides is 1. The maximum Gasteiger partial charge on any atom is 0.326 e. The number of hydrogen-bond donors (Lipinski definition) is 4. The van der Waals surface area contributed by atoms with E-state index in [-0.39, 0.29) is 29.8 Å². The summed E-state index contributed by atoms with van der Waals surface area (Å²) in [7, 11) is -4.07. The Morgan fingerprint density at radius 3 is 2.24 bits per heavy atom. The van der Waals surface area contributed by atoms with Crippen molar-refractivity contribution in [1.29, 1.82) is 0 Å². The monoisotopic (exact) mass is 428 g/mol. The number of nitrogens with one attached hydrogen (secondary N) is 1. The van der Waals surface area contributed by atoms with E-state index in [1.807, 2.05) is 0 Å². The molecule has 29 heavy (non-hydrogen) atoms. The molecule has 1 aromatic rings. The summed E-state index contributed by atoms with van der Waals surface area (Å²) in [6, 6.07) is 2.05. The van der Waals surface area contributed by atoms with Crippen molar-refractivity contribution in [2.75, 3.05) is 6.54 Å². The molecule has 2 atom stereocenters. The average molecular weight is 428 g/mol. The van der Waals surface area contributed by atoms with E-state index >= 15 is 0 Å². The van der Waals surface area contributed by atoms with Crippen molar-refractivity contribution in [3.8, 4) is 0 Å². The molecular formula is C17H20N2O9S. The molecule has 4 N–H and O–H groups in total. The SMILES string of the molecule is O=C(O)CCC(NC(=O)c1ccc(S(=O)(=O)N2CCCC2C(=O)O)cc1)C(=O)O. The normalized spacial score (nSPS) is 18.1. The van der Waals surface area contributed by atoms with Gasteiger partial charge in [0.25, 0.3) is 5.91 Å². The predicted molar refractivity (Wildman–Crippen MR) is 96.8 cm³/mol. The third kappa shape index (κ3) is 5.29. The van der Waals surface area contributed by atoms with E-state index in [0.717, 1.165) is 16.4 Å². The topological polar surface area (TPSA) is 178 Å². The van der Waals surface area contributed by atoms with Crippen LogP contribution in [0.15, 0.2) is 29.2 Å². The van der Waals surface area contributed by atoms with Crippen LogP contribution in [0.1, 0.15) is 36.0 Å². The summed E-state index contributed by atoms with van der Waals surface area (Å²) >= 11 is 0. The predicted octanol–water partition coefficient (Wildman–Crippen LogP) is -0.0279. The van der Waals surface area contributed by atoms with Gasteiger partial charge in [0.2, 0.25) is 10.0 Å². The number of carbonyl (C=O) groups is 4. The largest absolute Gasteiger partial charge is 0.481 e. The van der Waals surface area contributed by atoms with Crippen LogP contribution in [-0.2, 0) is 24.4 Å². The van der Waals surface area contributed by atoms with Crippen molar-refractivity contribution in [3.05, 3.63) is 29.8 Å².